The predicted molar refractivity (Wildman–Crippen MR) is 99.0 cm³/mol. The molecule has 0 aliphatic heterocycles. The number of methoxy groups -OCH3 is 2. The van der Waals surface area contributed by atoms with E-state index >= 15 is 0 Å². The van der Waals surface area contributed by atoms with Gasteiger partial charge in [0.05, 0.1) is 30.6 Å². The molecule has 0 saturated heterocycles. The van der Waals surface area contributed by atoms with Crippen LogP contribution in [0.3, 0.4) is 0 Å². The van der Waals surface area contributed by atoms with Gasteiger partial charge in [-0.2, -0.15) is 0 Å². The molecule has 2 N–H and O–H groups in total. The first kappa shape index (κ1) is 16.3. The van der Waals surface area contributed by atoms with Gasteiger partial charge in [-0.3, -0.25) is 0 Å². The monoisotopic (exact) mass is 341 g/mol. The second-order valence-corrected chi connectivity index (χ2v) is 6.01. The number of ether oxygens (including phenoxy) is 2. The normalized spacial score (nSPS) is 10.8. The molecule has 0 aliphatic carbocycles. The molecule has 0 saturated carbocycles. The van der Waals surface area contributed by atoms with Crippen LogP contribution in [-0.4, -0.2) is 28.6 Å². The average molecular weight is 341 g/mol. The van der Waals surface area contributed by atoms with E-state index in [1.807, 2.05) is 43.3 Å². The summed E-state index contributed by atoms with van der Waals surface area (Å²) in [5.74, 6) is 1.34. The third-order valence-corrected chi connectivity index (χ3v) is 4.08. The molecule has 2 heterocycles. The molecule has 24 heavy (non-hydrogen) atoms. The third-order valence-electron chi connectivity index (χ3n) is 3.93. The number of imidazole rings is 1. The smallest absolute Gasteiger partial charge is 0.161 e. The van der Waals surface area contributed by atoms with Crippen molar-refractivity contribution in [1.29, 1.82) is 0 Å². The Kier molecular flexibility index (Phi) is 4.40. The Balaban J connectivity index is 2.25. The highest BCUT2D eigenvalue weighted by atomic mass is 32.1. The van der Waals surface area contributed by atoms with E-state index < -0.39 is 0 Å². The van der Waals surface area contributed by atoms with Gasteiger partial charge in [-0.25, -0.2) is 4.98 Å². The molecule has 0 atom stereocenters. The maximum atomic E-state index is 5.82. The maximum Gasteiger partial charge on any atom is 0.161 e. The molecule has 3 aromatic rings. The largest absolute Gasteiger partial charge is 0.493 e. The molecule has 3 rings (SSSR count). The van der Waals surface area contributed by atoms with E-state index in [1.165, 1.54) is 0 Å². The Morgan fingerprint density at radius 2 is 1.92 bits per heavy atom. The number of pyridine rings is 1. The first-order chi connectivity index (χ1) is 11.5. The van der Waals surface area contributed by atoms with Gasteiger partial charge >= 0.3 is 0 Å². The van der Waals surface area contributed by atoms with Gasteiger partial charge in [0, 0.05) is 17.7 Å². The van der Waals surface area contributed by atoms with E-state index in [1.54, 1.807) is 14.2 Å². The predicted octanol–water partition coefficient (Wildman–Crippen LogP) is 3.16. The van der Waals surface area contributed by atoms with Crippen molar-refractivity contribution in [2.75, 3.05) is 14.2 Å². The third kappa shape index (κ3) is 2.80. The van der Waals surface area contributed by atoms with Crippen LogP contribution in [0.1, 0.15) is 11.4 Å². The number of aromatic nitrogens is 2. The molecule has 1 aromatic carbocycles. The fourth-order valence-electron chi connectivity index (χ4n) is 2.87. The van der Waals surface area contributed by atoms with E-state index in [0.29, 0.717) is 22.9 Å². The summed E-state index contributed by atoms with van der Waals surface area (Å²) in [5.41, 5.74) is 10.5. The first-order valence-corrected chi connectivity index (χ1v) is 7.93. The van der Waals surface area contributed by atoms with Gasteiger partial charge < -0.3 is 19.6 Å². The van der Waals surface area contributed by atoms with Gasteiger partial charge in [0.25, 0.3) is 0 Å². The number of fused-ring (bicyclic) bond motifs is 1. The number of rotatable bonds is 5. The van der Waals surface area contributed by atoms with Crippen LogP contribution in [0.15, 0.2) is 36.4 Å². The summed E-state index contributed by atoms with van der Waals surface area (Å²) in [6, 6.07) is 11.7. The molecule has 5 nitrogen and oxygen atoms in total. The lowest BCUT2D eigenvalue weighted by Crippen LogP contribution is -2.13. The fourth-order valence-corrected chi connectivity index (χ4v) is 3.01. The van der Waals surface area contributed by atoms with Crippen LogP contribution in [0.5, 0.6) is 11.5 Å². The molecule has 0 aliphatic rings. The van der Waals surface area contributed by atoms with Crippen molar-refractivity contribution in [3.05, 3.63) is 47.8 Å². The number of hydrogen-bond acceptors (Lipinski definition) is 4. The number of hydrogen-bond donors (Lipinski definition) is 1. The summed E-state index contributed by atoms with van der Waals surface area (Å²) >= 11 is 5.14. The van der Waals surface area contributed by atoms with Gasteiger partial charge in [-0.05, 0) is 37.3 Å². The zero-order valence-corrected chi connectivity index (χ0v) is 14.7. The molecule has 0 radical (unpaired) electrons. The van der Waals surface area contributed by atoms with Gasteiger partial charge in [0.2, 0.25) is 0 Å². The topological polar surface area (TPSA) is 61.8 Å². The standard InChI is InChI=1S/C18H19N3O2S/c1-11-5-4-6-17-20-18(13(21(11)17)10-16(19)24)12-7-8-14(22-2)15(9-12)23-3/h4-9H,10H2,1-3H3,(H2,19,24). The van der Waals surface area contributed by atoms with Crippen molar-refractivity contribution in [1.82, 2.24) is 9.38 Å². The van der Waals surface area contributed by atoms with Gasteiger partial charge in [0.15, 0.2) is 11.5 Å². The number of nitrogens with two attached hydrogens (primary N) is 1. The SMILES string of the molecule is COc1ccc(-c2nc3cccc(C)n3c2CC(N)=S)cc1OC. The van der Waals surface area contributed by atoms with Crippen molar-refractivity contribution < 1.29 is 9.47 Å². The van der Waals surface area contributed by atoms with Crippen LogP contribution < -0.4 is 15.2 Å². The van der Waals surface area contributed by atoms with Crippen LogP contribution >= 0.6 is 12.2 Å². The molecule has 0 amide bonds. The summed E-state index contributed by atoms with van der Waals surface area (Å²) in [6.45, 7) is 2.04. The number of benzene rings is 1. The van der Waals surface area contributed by atoms with E-state index in [0.717, 1.165) is 28.3 Å². The second kappa shape index (κ2) is 6.49. The lowest BCUT2D eigenvalue weighted by Gasteiger charge is -2.10. The zero-order chi connectivity index (χ0) is 17.3. The van der Waals surface area contributed by atoms with Crippen molar-refractivity contribution in [2.45, 2.75) is 13.3 Å². The van der Waals surface area contributed by atoms with E-state index in [9.17, 15) is 0 Å². The van der Waals surface area contributed by atoms with Crippen molar-refractivity contribution in [2.24, 2.45) is 5.73 Å². The quantitative estimate of drug-likeness (QED) is 0.722. The van der Waals surface area contributed by atoms with Crippen LogP contribution in [0, 0.1) is 6.92 Å². The molecule has 6 heteroatoms. The minimum atomic E-state index is 0.432. The molecule has 124 valence electrons. The number of aryl methyl sites for hydroxylation is 1. The molecule has 0 bridgehead atoms. The average Bonchev–Trinajstić information content (AvgIpc) is 2.93. The second-order valence-electron chi connectivity index (χ2n) is 5.48. The van der Waals surface area contributed by atoms with E-state index in [2.05, 4.69) is 4.40 Å². The van der Waals surface area contributed by atoms with Crippen molar-refractivity contribution in [3.8, 4) is 22.8 Å². The summed E-state index contributed by atoms with van der Waals surface area (Å²) in [5, 5.41) is 0. The highest BCUT2D eigenvalue weighted by Gasteiger charge is 2.17. The van der Waals surface area contributed by atoms with Crippen LogP contribution in [-0.2, 0) is 6.42 Å². The molecule has 0 fully saturated rings. The number of thiocarbonyl (C=S) groups is 1. The minimum Gasteiger partial charge on any atom is -0.493 e. The molecular weight excluding hydrogens is 322 g/mol. The van der Waals surface area contributed by atoms with Crippen LogP contribution in [0.25, 0.3) is 16.9 Å². The Bertz CT molecular complexity index is 918. The molecular formula is C18H19N3O2S. The van der Waals surface area contributed by atoms with Crippen molar-refractivity contribution in [3.63, 3.8) is 0 Å². The highest BCUT2D eigenvalue weighted by Crippen LogP contribution is 2.34. The summed E-state index contributed by atoms with van der Waals surface area (Å²) < 4.78 is 12.8. The van der Waals surface area contributed by atoms with Crippen LogP contribution in [0.4, 0.5) is 0 Å². The highest BCUT2D eigenvalue weighted by molar-refractivity contribution is 7.80. The van der Waals surface area contributed by atoms with Gasteiger partial charge in [0.1, 0.15) is 5.65 Å². The van der Waals surface area contributed by atoms with Crippen molar-refractivity contribution >= 4 is 22.9 Å². The van der Waals surface area contributed by atoms with Crippen LogP contribution in [0.2, 0.25) is 0 Å². The Morgan fingerprint density at radius 1 is 1.17 bits per heavy atom. The molecule has 2 aromatic heterocycles. The Hall–Kier alpha value is -2.60. The first-order valence-electron chi connectivity index (χ1n) is 7.52. The zero-order valence-electron chi connectivity index (χ0n) is 13.9. The van der Waals surface area contributed by atoms with E-state index in [4.69, 9.17) is 32.4 Å². The molecule has 0 spiro atoms. The molecule has 0 unspecified atom stereocenters. The lowest BCUT2D eigenvalue weighted by atomic mass is 10.1. The Labute approximate surface area is 146 Å². The fraction of sp³-hybridized carbons (Fsp3) is 0.222. The summed E-state index contributed by atoms with van der Waals surface area (Å²) in [4.78, 5) is 5.21. The van der Waals surface area contributed by atoms with E-state index in [-0.39, 0.29) is 0 Å². The maximum absolute atomic E-state index is 5.82. The summed E-state index contributed by atoms with van der Waals surface area (Å²) in [6.07, 6.45) is 0.477. The number of nitrogens with zero attached hydrogens (tertiary/aromatic N) is 2. The summed E-state index contributed by atoms with van der Waals surface area (Å²) in [7, 11) is 3.23. The van der Waals surface area contributed by atoms with Gasteiger partial charge in [-0.15, -0.1) is 0 Å². The minimum absolute atomic E-state index is 0.432. The lowest BCUT2D eigenvalue weighted by molar-refractivity contribution is 0.355. The van der Waals surface area contributed by atoms with Gasteiger partial charge in [-0.1, -0.05) is 18.3 Å². The Morgan fingerprint density at radius 3 is 2.58 bits per heavy atom.